The number of aryl methyl sites for hydroxylation is 1. The summed E-state index contributed by atoms with van der Waals surface area (Å²) in [6, 6.07) is 54.9. The van der Waals surface area contributed by atoms with Gasteiger partial charge in [0.25, 0.3) is 0 Å². The average Bonchev–Trinajstić information content (AvgIpc) is 3.91. The van der Waals surface area contributed by atoms with E-state index in [-0.39, 0.29) is 0 Å². The fourth-order valence-corrected chi connectivity index (χ4v) is 12.8. The van der Waals surface area contributed by atoms with E-state index in [2.05, 4.69) is 158 Å². The van der Waals surface area contributed by atoms with Crippen molar-refractivity contribution in [2.45, 2.75) is 12.8 Å². The fourth-order valence-electron chi connectivity index (χ4n) is 9.01. The second-order valence-electron chi connectivity index (χ2n) is 14.2. The second kappa shape index (κ2) is 11.5. The van der Waals surface area contributed by atoms with Crippen molar-refractivity contribution in [1.82, 2.24) is 0 Å². The van der Waals surface area contributed by atoms with Crippen molar-refractivity contribution in [3.63, 3.8) is 0 Å². The zero-order chi connectivity index (χ0) is 34.6. The third-order valence-electron chi connectivity index (χ3n) is 11.4. The lowest BCUT2D eigenvalue weighted by Crippen LogP contribution is -1.91. The molecule has 0 N–H and O–H groups in total. The number of thiophene rings is 3. The van der Waals surface area contributed by atoms with Gasteiger partial charge in [0, 0.05) is 72.0 Å². The summed E-state index contributed by atoms with van der Waals surface area (Å²) in [6.45, 7) is 0. The molecule has 0 bridgehead atoms. The SMILES string of the molecule is C1=Cc2c(sc3c(-c4cccc5c(-c6cccc7c6sc6ccccc67)c6cccc(-c7cccc8c7sc7ccccc78)c6cc45)cccc23)CC1. The minimum atomic E-state index is 1.12. The molecule has 0 nitrogen and oxygen atoms in total. The number of allylic oxidation sites excluding steroid dienone is 1. The van der Waals surface area contributed by atoms with Gasteiger partial charge < -0.3 is 0 Å². The summed E-state index contributed by atoms with van der Waals surface area (Å²) in [5.74, 6) is 0. The Morgan fingerprint density at radius 1 is 0.358 bits per heavy atom. The largest absolute Gasteiger partial charge is 0.139 e. The lowest BCUT2D eigenvalue weighted by molar-refractivity contribution is 1.02. The number of benzene rings is 8. The minimum Gasteiger partial charge on any atom is -0.139 e. The van der Waals surface area contributed by atoms with Crippen LogP contribution in [0.25, 0.3) is 111 Å². The molecule has 8 aromatic carbocycles. The molecule has 3 aromatic heterocycles. The Kier molecular flexibility index (Phi) is 6.47. The van der Waals surface area contributed by atoms with E-state index in [1.807, 2.05) is 34.0 Å². The zero-order valence-corrected chi connectivity index (χ0v) is 31.1. The van der Waals surface area contributed by atoms with Gasteiger partial charge in [-0.15, -0.1) is 34.0 Å². The van der Waals surface area contributed by atoms with Crippen molar-refractivity contribution in [2.75, 3.05) is 0 Å². The first-order valence-corrected chi connectivity index (χ1v) is 20.8. The summed E-state index contributed by atoms with van der Waals surface area (Å²) >= 11 is 5.83. The molecule has 0 fully saturated rings. The topological polar surface area (TPSA) is 0 Å². The van der Waals surface area contributed by atoms with Gasteiger partial charge in [-0.05, 0) is 74.8 Å². The number of hydrogen-bond donors (Lipinski definition) is 0. The normalized spacial score (nSPS) is 13.1. The molecule has 0 atom stereocenters. The van der Waals surface area contributed by atoms with Crippen molar-refractivity contribution < 1.29 is 0 Å². The predicted octanol–water partition coefficient (Wildman–Crippen LogP) is 15.9. The molecule has 0 saturated heterocycles. The summed E-state index contributed by atoms with van der Waals surface area (Å²) in [5, 5.41) is 11.9. The highest BCUT2D eigenvalue weighted by Crippen LogP contribution is 2.50. The average molecular weight is 727 g/mol. The van der Waals surface area contributed by atoms with Crippen LogP contribution < -0.4 is 0 Å². The molecule has 248 valence electrons. The highest BCUT2D eigenvalue weighted by molar-refractivity contribution is 7.26. The summed E-state index contributed by atoms with van der Waals surface area (Å²) in [6.07, 6.45) is 6.94. The van der Waals surface area contributed by atoms with E-state index in [0.29, 0.717) is 0 Å². The van der Waals surface area contributed by atoms with Crippen molar-refractivity contribution >= 4 is 112 Å². The molecule has 0 amide bonds. The van der Waals surface area contributed by atoms with Gasteiger partial charge in [0.15, 0.2) is 0 Å². The third kappa shape index (κ3) is 4.33. The Bertz CT molecular complexity index is 3350. The number of fused-ring (bicyclic) bond motifs is 11. The first kappa shape index (κ1) is 29.9. The van der Waals surface area contributed by atoms with Gasteiger partial charge in [0.05, 0.1) is 0 Å². The van der Waals surface area contributed by atoms with E-state index in [9.17, 15) is 0 Å². The molecule has 0 saturated carbocycles. The molecule has 0 spiro atoms. The first-order chi connectivity index (χ1) is 26.3. The van der Waals surface area contributed by atoms with Crippen LogP contribution in [0.3, 0.4) is 0 Å². The Balaban J connectivity index is 1.23. The van der Waals surface area contributed by atoms with Gasteiger partial charge in [-0.3, -0.25) is 0 Å². The van der Waals surface area contributed by atoms with Gasteiger partial charge in [-0.2, -0.15) is 0 Å². The van der Waals surface area contributed by atoms with E-state index >= 15 is 0 Å². The fraction of sp³-hybridized carbons (Fsp3) is 0.0400. The first-order valence-electron chi connectivity index (χ1n) is 18.3. The summed E-state index contributed by atoms with van der Waals surface area (Å²) in [4.78, 5) is 1.51. The van der Waals surface area contributed by atoms with Crippen LogP contribution in [0.2, 0.25) is 0 Å². The van der Waals surface area contributed by atoms with Crippen LogP contribution in [-0.4, -0.2) is 0 Å². The molecule has 0 unspecified atom stereocenters. The molecule has 12 rings (SSSR count). The standard InChI is InChI=1S/C50H30S3/c1-4-25-44-31(12-1)38-21-9-19-36(48(38)51-44)29-15-7-17-34-42(29)28-43-30(37-20-10-22-39-32-13-2-5-26-45(32)52-49(37)39)16-8-18-35(43)47(34)41-24-11-23-40-33-14-3-6-27-46(33)53-50(40)41/h1-4,6-25,27-28H,5,26H2. The monoisotopic (exact) mass is 726 g/mol. The number of hydrogen-bond acceptors (Lipinski definition) is 3. The van der Waals surface area contributed by atoms with Crippen LogP contribution in [0.5, 0.6) is 0 Å². The van der Waals surface area contributed by atoms with Gasteiger partial charge in [-0.1, -0.05) is 140 Å². The molecule has 53 heavy (non-hydrogen) atoms. The Labute approximate surface area is 318 Å². The maximum absolute atomic E-state index is 2.52. The second-order valence-corrected chi connectivity index (χ2v) is 17.4. The van der Waals surface area contributed by atoms with Crippen LogP contribution >= 0.6 is 34.0 Å². The highest BCUT2D eigenvalue weighted by Gasteiger charge is 2.22. The van der Waals surface area contributed by atoms with Crippen molar-refractivity contribution in [3.05, 3.63) is 162 Å². The third-order valence-corrected chi connectivity index (χ3v) is 15.1. The van der Waals surface area contributed by atoms with Crippen LogP contribution in [0.15, 0.2) is 152 Å². The minimum absolute atomic E-state index is 1.12. The highest BCUT2D eigenvalue weighted by atomic mass is 32.1. The van der Waals surface area contributed by atoms with Crippen LogP contribution in [0, 0.1) is 0 Å². The van der Waals surface area contributed by atoms with Gasteiger partial charge >= 0.3 is 0 Å². The van der Waals surface area contributed by atoms with Crippen LogP contribution in [-0.2, 0) is 6.42 Å². The molecular weight excluding hydrogens is 697 g/mol. The lowest BCUT2D eigenvalue weighted by Gasteiger charge is -2.18. The molecular formula is C50H30S3. The molecule has 1 aliphatic rings. The van der Waals surface area contributed by atoms with Gasteiger partial charge in [-0.25, -0.2) is 0 Å². The summed E-state index contributed by atoms with van der Waals surface area (Å²) in [7, 11) is 0. The van der Waals surface area contributed by atoms with Gasteiger partial charge in [0.1, 0.15) is 0 Å². The van der Waals surface area contributed by atoms with Gasteiger partial charge in [0.2, 0.25) is 0 Å². The van der Waals surface area contributed by atoms with Crippen LogP contribution in [0.4, 0.5) is 0 Å². The van der Waals surface area contributed by atoms with E-state index in [4.69, 9.17) is 0 Å². The Morgan fingerprint density at radius 3 is 1.45 bits per heavy atom. The smallest absolute Gasteiger partial charge is 0.0434 e. The molecule has 11 aromatic rings. The molecule has 3 heteroatoms. The van der Waals surface area contributed by atoms with Crippen molar-refractivity contribution in [1.29, 1.82) is 0 Å². The molecule has 3 heterocycles. The van der Waals surface area contributed by atoms with E-state index in [1.165, 1.54) is 116 Å². The molecule has 0 aliphatic heterocycles. The van der Waals surface area contributed by atoms with Crippen LogP contribution in [0.1, 0.15) is 16.9 Å². The summed E-state index contributed by atoms with van der Waals surface area (Å²) < 4.78 is 6.77. The Morgan fingerprint density at radius 2 is 0.830 bits per heavy atom. The predicted molar refractivity (Wildman–Crippen MR) is 236 cm³/mol. The zero-order valence-electron chi connectivity index (χ0n) is 28.7. The maximum Gasteiger partial charge on any atom is 0.0434 e. The molecule has 1 aliphatic carbocycles. The lowest BCUT2D eigenvalue weighted by atomic mass is 9.85. The summed E-state index contributed by atoms with van der Waals surface area (Å²) in [5.41, 5.74) is 9.27. The van der Waals surface area contributed by atoms with E-state index in [1.54, 1.807) is 0 Å². The number of rotatable bonds is 3. The molecule has 0 radical (unpaired) electrons. The maximum atomic E-state index is 2.52. The van der Waals surface area contributed by atoms with Crippen molar-refractivity contribution in [3.8, 4) is 33.4 Å². The quantitative estimate of drug-likeness (QED) is 0.159. The van der Waals surface area contributed by atoms with E-state index < -0.39 is 0 Å². The van der Waals surface area contributed by atoms with E-state index in [0.717, 1.165) is 12.8 Å². The Hall–Kier alpha value is -5.58. The van der Waals surface area contributed by atoms with Crippen molar-refractivity contribution in [2.24, 2.45) is 0 Å².